The molecule has 0 fully saturated rings. The van der Waals surface area contributed by atoms with Crippen molar-refractivity contribution in [2.45, 2.75) is 6.54 Å². The summed E-state index contributed by atoms with van der Waals surface area (Å²) >= 11 is 5.84. The fourth-order valence-corrected chi connectivity index (χ4v) is 0.842. The maximum Gasteiger partial charge on any atom is 0.149 e. The lowest BCUT2D eigenvalue weighted by atomic mass is 10.4. The van der Waals surface area contributed by atoms with Gasteiger partial charge in [-0.25, -0.2) is 0 Å². The fourth-order valence-electron chi connectivity index (χ4n) is 0.614. The summed E-state index contributed by atoms with van der Waals surface area (Å²) in [4.78, 5) is 0. The molecule has 0 saturated carbocycles. The van der Waals surface area contributed by atoms with Gasteiger partial charge >= 0.3 is 0 Å². The molecule has 0 aliphatic heterocycles. The molecule has 1 rings (SSSR count). The number of thiocarbonyl (C=S) groups is 1. The van der Waals surface area contributed by atoms with Crippen LogP contribution in [0, 0.1) is 0 Å². The van der Waals surface area contributed by atoms with Gasteiger partial charge in [0.2, 0.25) is 0 Å². The highest BCUT2D eigenvalue weighted by Gasteiger charge is 1.95. The van der Waals surface area contributed by atoms with E-state index in [0.717, 1.165) is 17.7 Å². The first-order valence-electron chi connectivity index (χ1n) is 3.00. The molecule has 60 valence electrons. The number of nitrogens with two attached hydrogens (primary N) is 1. The molecule has 0 saturated heterocycles. The molecule has 0 aliphatic carbocycles. The fraction of sp³-hybridized carbons (Fsp3) is 0.167. The standard InChI is InChI=1S/C6H8N2OS2/c7-11-6(10)8-4-5-2-1-3-9-5/h1-3H,4,7H2,(H,8,10). The Morgan fingerprint density at radius 3 is 3.18 bits per heavy atom. The maximum absolute atomic E-state index is 5.19. The van der Waals surface area contributed by atoms with E-state index in [0.29, 0.717) is 10.9 Å². The lowest BCUT2D eigenvalue weighted by Crippen LogP contribution is -2.18. The second kappa shape index (κ2) is 4.38. The van der Waals surface area contributed by atoms with Crippen molar-refractivity contribution in [1.82, 2.24) is 5.32 Å². The zero-order valence-corrected chi connectivity index (χ0v) is 7.37. The highest BCUT2D eigenvalue weighted by molar-refractivity contribution is 8.21. The summed E-state index contributed by atoms with van der Waals surface area (Å²) in [5.41, 5.74) is 0. The summed E-state index contributed by atoms with van der Waals surface area (Å²) in [6.45, 7) is 0.593. The van der Waals surface area contributed by atoms with Gasteiger partial charge in [-0.15, -0.1) is 0 Å². The Labute approximate surface area is 74.5 Å². The highest BCUT2D eigenvalue weighted by Crippen LogP contribution is 1.99. The van der Waals surface area contributed by atoms with Crippen molar-refractivity contribution in [1.29, 1.82) is 0 Å². The molecule has 0 amide bonds. The molecule has 1 aromatic rings. The van der Waals surface area contributed by atoms with E-state index in [1.807, 2.05) is 12.1 Å². The van der Waals surface area contributed by atoms with Gasteiger partial charge in [0, 0.05) is 0 Å². The molecule has 0 aromatic carbocycles. The Hall–Kier alpha value is -0.520. The number of hydrogen-bond donors (Lipinski definition) is 2. The van der Waals surface area contributed by atoms with Crippen LogP contribution in [0.15, 0.2) is 22.8 Å². The van der Waals surface area contributed by atoms with Crippen molar-refractivity contribution in [2.24, 2.45) is 5.14 Å². The third kappa shape index (κ3) is 2.92. The summed E-state index contributed by atoms with van der Waals surface area (Å²) in [5.74, 6) is 0.849. The third-order valence-electron chi connectivity index (χ3n) is 1.09. The highest BCUT2D eigenvalue weighted by atomic mass is 32.2. The predicted octanol–water partition coefficient (Wildman–Crippen LogP) is 1.26. The van der Waals surface area contributed by atoms with Gasteiger partial charge < -0.3 is 9.73 Å². The van der Waals surface area contributed by atoms with Gasteiger partial charge in [-0.3, -0.25) is 5.14 Å². The van der Waals surface area contributed by atoms with Crippen LogP contribution in [0.2, 0.25) is 0 Å². The van der Waals surface area contributed by atoms with Crippen LogP contribution < -0.4 is 10.5 Å². The lowest BCUT2D eigenvalue weighted by molar-refractivity contribution is 0.504. The Morgan fingerprint density at radius 2 is 2.64 bits per heavy atom. The van der Waals surface area contributed by atoms with Crippen molar-refractivity contribution < 1.29 is 4.42 Å². The average molecular weight is 188 g/mol. The molecule has 0 aliphatic rings. The van der Waals surface area contributed by atoms with Gasteiger partial charge in [0.1, 0.15) is 10.1 Å². The van der Waals surface area contributed by atoms with Crippen molar-refractivity contribution >= 4 is 28.5 Å². The number of furan rings is 1. The number of nitrogens with one attached hydrogen (secondary N) is 1. The second-order valence-corrected chi connectivity index (χ2v) is 3.15. The predicted molar refractivity (Wildman–Crippen MR) is 49.9 cm³/mol. The van der Waals surface area contributed by atoms with Crippen LogP contribution in [-0.4, -0.2) is 4.32 Å². The first-order chi connectivity index (χ1) is 5.33. The zero-order valence-electron chi connectivity index (χ0n) is 5.74. The monoisotopic (exact) mass is 188 g/mol. The van der Waals surface area contributed by atoms with Crippen LogP contribution in [0.1, 0.15) is 5.76 Å². The lowest BCUT2D eigenvalue weighted by Gasteiger charge is -2.00. The van der Waals surface area contributed by atoms with Crippen LogP contribution in [0.3, 0.4) is 0 Å². The molecular formula is C6H8N2OS2. The second-order valence-electron chi connectivity index (χ2n) is 1.84. The minimum Gasteiger partial charge on any atom is -0.467 e. The van der Waals surface area contributed by atoms with E-state index in [-0.39, 0.29) is 0 Å². The number of hydrogen-bond acceptors (Lipinski definition) is 4. The molecule has 3 N–H and O–H groups in total. The summed E-state index contributed by atoms with van der Waals surface area (Å²) in [6, 6.07) is 3.70. The molecule has 3 nitrogen and oxygen atoms in total. The van der Waals surface area contributed by atoms with Crippen LogP contribution in [-0.2, 0) is 6.54 Å². The first kappa shape index (κ1) is 8.58. The average Bonchev–Trinajstić information content (AvgIpc) is 2.52. The van der Waals surface area contributed by atoms with Crippen molar-refractivity contribution in [3.05, 3.63) is 24.2 Å². The van der Waals surface area contributed by atoms with Crippen molar-refractivity contribution in [3.8, 4) is 0 Å². The minimum absolute atomic E-state index is 0.571. The third-order valence-corrected chi connectivity index (χ3v) is 1.89. The van der Waals surface area contributed by atoms with E-state index in [1.54, 1.807) is 6.26 Å². The molecular weight excluding hydrogens is 180 g/mol. The van der Waals surface area contributed by atoms with E-state index in [4.69, 9.17) is 21.8 Å². The molecule has 0 radical (unpaired) electrons. The van der Waals surface area contributed by atoms with E-state index < -0.39 is 0 Å². The largest absolute Gasteiger partial charge is 0.467 e. The summed E-state index contributed by atoms with van der Waals surface area (Å²) in [7, 11) is 0. The van der Waals surface area contributed by atoms with Crippen molar-refractivity contribution in [3.63, 3.8) is 0 Å². The maximum atomic E-state index is 5.19. The van der Waals surface area contributed by atoms with Crippen LogP contribution >= 0.6 is 24.2 Å². The van der Waals surface area contributed by atoms with Crippen LogP contribution in [0.25, 0.3) is 0 Å². The molecule has 0 unspecified atom stereocenters. The molecule has 0 spiro atoms. The van der Waals surface area contributed by atoms with Crippen molar-refractivity contribution in [2.75, 3.05) is 0 Å². The smallest absolute Gasteiger partial charge is 0.149 e. The van der Waals surface area contributed by atoms with E-state index in [9.17, 15) is 0 Å². The Kier molecular flexibility index (Phi) is 3.41. The summed E-state index contributed by atoms with van der Waals surface area (Å²) in [6.07, 6.45) is 1.62. The van der Waals surface area contributed by atoms with Crippen LogP contribution in [0.4, 0.5) is 0 Å². The SMILES string of the molecule is NSC(=S)NCc1ccco1. The summed E-state index contributed by atoms with van der Waals surface area (Å²) < 4.78 is 5.63. The van der Waals surface area contributed by atoms with E-state index >= 15 is 0 Å². The van der Waals surface area contributed by atoms with Gasteiger partial charge in [0.05, 0.1) is 12.8 Å². The minimum atomic E-state index is 0.571. The first-order valence-corrected chi connectivity index (χ1v) is 4.28. The summed E-state index contributed by atoms with van der Waals surface area (Å²) in [5, 5.41) is 8.10. The normalized spacial score (nSPS) is 9.55. The molecule has 0 bridgehead atoms. The number of rotatable bonds is 2. The van der Waals surface area contributed by atoms with Crippen LogP contribution in [0.5, 0.6) is 0 Å². The topological polar surface area (TPSA) is 51.2 Å². The van der Waals surface area contributed by atoms with Gasteiger partial charge in [-0.2, -0.15) is 0 Å². The molecule has 1 heterocycles. The van der Waals surface area contributed by atoms with Gasteiger partial charge in [0.15, 0.2) is 0 Å². The van der Waals surface area contributed by atoms with E-state index in [1.165, 1.54) is 0 Å². The molecule has 11 heavy (non-hydrogen) atoms. The van der Waals surface area contributed by atoms with Gasteiger partial charge in [-0.05, 0) is 24.1 Å². The Balaban J connectivity index is 2.29. The Morgan fingerprint density at radius 1 is 1.82 bits per heavy atom. The zero-order chi connectivity index (χ0) is 8.10. The molecule has 0 atom stereocenters. The Bertz CT molecular complexity index is 222. The van der Waals surface area contributed by atoms with E-state index in [2.05, 4.69) is 5.32 Å². The quantitative estimate of drug-likeness (QED) is 0.540. The van der Waals surface area contributed by atoms with Gasteiger partial charge in [-0.1, -0.05) is 12.2 Å². The molecule has 5 heteroatoms. The molecule has 1 aromatic heterocycles. The van der Waals surface area contributed by atoms with Gasteiger partial charge in [0.25, 0.3) is 0 Å².